The van der Waals surface area contributed by atoms with Crippen LogP contribution in [-0.4, -0.2) is 21.1 Å². The molecule has 1 heterocycles. The molecule has 0 radical (unpaired) electrons. The molecule has 1 aromatic heterocycles. The summed E-state index contributed by atoms with van der Waals surface area (Å²) < 4.78 is 7.03. The van der Waals surface area contributed by atoms with Gasteiger partial charge in [-0.05, 0) is 42.4 Å². The quantitative estimate of drug-likeness (QED) is 0.566. The Labute approximate surface area is 149 Å². The largest absolute Gasteiger partial charge is 0.489 e. The van der Waals surface area contributed by atoms with Crippen molar-refractivity contribution >= 4 is 18.4 Å². The van der Waals surface area contributed by atoms with Crippen LogP contribution in [0.15, 0.2) is 64.5 Å². The number of hydrogen-bond acceptors (Lipinski definition) is 5. The second-order valence-corrected chi connectivity index (χ2v) is 5.71. The van der Waals surface area contributed by atoms with Gasteiger partial charge >= 0.3 is 0 Å². The molecule has 0 amide bonds. The number of rotatable bonds is 5. The molecule has 3 rings (SSSR count). The van der Waals surface area contributed by atoms with Crippen LogP contribution in [0.5, 0.6) is 5.75 Å². The van der Waals surface area contributed by atoms with Crippen LogP contribution in [0.2, 0.25) is 0 Å². The fraction of sp³-hybridized carbons (Fsp3) is 0.111. The van der Waals surface area contributed by atoms with E-state index in [-0.39, 0.29) is 10.3 Å². The standard InChI is InChI=1S/C18H16N4O2S/c1-13-17(23)22(18(25)21-20-13)19-11-15-8-5-9-16(10-15)24-12-14-6-3-2-4-7-14/h2-11H,12H2,1H3,(H,21,25)/b19-11-. The first-order chi connectivity index (χ1) is 12.1. The van der Waals surface area contributed by atoms with E-state index in [1.807, 2.05) is 54.6 Å². The van der Waals surface area contributed by atoms with Gasteiger partial charge in [0.1, 0.15) is 18.1 Å². The third-order valence-corrected chi connectivity index (χ3v) is 3.71. The fourth-order valence-corrected chi connectivity index (χ4v) is 2.30. The summed E-state index contributed by atoms with van der Waals surface area (Å²) in [4.78, 5) is 12.0. The second kappa shape index (κ2) is 7.67. The number of nitrogens with zero attached hydrogens (tertiary/aromatic N) is 3. The maximum Gasteiger partial charge on any atom is 0.296 e. The Morgan fingerprint density at radius 2 is 2.04 bits per heavy atom. The molecular weight excluding hydrogens is 336 g/mol. The molecule has 0 atom stereocenters. The van der Waals surface area contributed by atoms with Gasteiger partial charge in [-0.2, -0.15) is 14.9 Å². The lowest BCUT2D eigenvalue weighted by Crippen LogP contribution is -2.22. The molecule has 0 aliphatic rings. The van der Waals surface area contributed by atoms with Gasteiger partial charge in [0.15, 0.2) is 0 Å². The van der Waals surface area contributed by atoms with E-state index in [1.165, 1.54) is 0 Å². The summed E-state index contributed by atoms with van der Waals surface area (Å²) in [5.74, 6) is 0.719. The Bertz CT molecular complexity index is 1010. The molecule has 7 heteroatoms. The number of benzene rings is 2. The maximum atomic E-state index is 12.0. The van der Waals surface area contributed by atoms with E-state index in [4.69, 9.17) is 17.0 Å². The Hall–Kier alpha value is -3.06. The van der Waals surface area contributed by atoms with Gasteiger partial charge in [0, 0.05) is 0 Å². The van der Waals surface area contributed by atoms with Crippen LogP contribution in [0.4, 0.5) is 0 Å². The molecule has 0 spiro atoms. The van der Waals surface area contributed by atoms with E-state index in [0.717, 1.165) is 21.6 Å². The summed E-state index contributed by atoms with van der Waals surface area (Å²) in [7, 11) is 0. The van der Waals surface area contributed by atoms with E-state index in [1.54, 1.807) is 13.1 Å². The third-order valence-electron chi connectivity index (χ3n) is 3.44. The second-order valence-electron chi connectivity index (χ2n) is 5.32. The van der Waals surface area contributed by atoms with Crippen molar-refractivity contribution in [2.45, 2.75) is 13.5 Å². The monoisotopic (exact) mass is 352 g/mol. The lowest BCUT2D eigenvalue weighted by Gasteiger charge is -2.06. The number of aromatic amines is 1. The topological polar surface area (TPSA) is 72.3 Å². The van der Waals surface area contributed by atoms with Crippen LogP contribution in [0.3, 0.4) is 0 Å². The molecule has 0 saturated carbocycles. The molecule has 0 aliphatic carbocycles. The van der Waals surface area contributed by atoms with Crippen molar-refractivity contribution in [2.75, 3.05) is 0 Å². The Morgan fingerprint density at radius 3 is 2.84 bits per heavy atom. The van der Waals surface area contributed by atoms with Crippen LogP contribution >= 0.6 is 12.2 Å². The average molecular weight is 352 g/mol. The Morgan fingerprint density at radius 1 is 1.24 bits per heavy atom. The smallest absolute Gasteiger partial charge is 0.296 e. The minimum absolute atomic E-state index is 0.142. The zero-order chi connectivity index (χ0) is 17.6. The molecule has 3 aromatic rings. The van der Waals surface area contributed by atoms with Crippen LogP contribution < -0.4 is 10.3 Å². The van der Waals surface area contributed by atoms with Crippen LogP contribution in [-0.2, 0) is 6.61 Å². The van der Waals surface area contributed by atoms with Gasteiger partial charge in [-0.25, -0.2) is 0 Å². The van der Waals surface area contributed by atoms with Crippen LogP contribution in [0, 0.1) is 11.7 Å². The number of aromatic nitrogens is 3. The molecule has 25 heavy (non-hydrogen) atoms. The summed E-state index contributed by atoms with van der Waals surface area (Å²) in [5.41, 5.74) is 1.83. The van der Waals surface area contributed by atoms with E-state index in [0.29, 0.717) is 12.3 Å². The Balaban J connectivity index is 1.77. The van der Waals surface area contributed by atoms with Crippen molar-refractivity contribution in [2.24, 2.45) is 5.10 Å². The minimum Gasteiger partial charge on any atom is -0.489 e. The van der Waals surface area contributed by atoms with E-state index >= 15 is 0 Å². The van der Waals surface area contributed by atoms with Crippen molar-refractivity contribution in [3.05, 3.63) is 86.5 Å². The first-order valence-corrected chi connectivity index (χ1v) is 8.04. The van der Waals surface area contributed by atoms with E-state index in [9.17, 15) is 4.79 Å². The van der Waals surface area contributed by atoms with Crippen molar-refractivity contribution in [1.29, 1.82) is 0 Å². The number of hydrogen-bond donors (Lipinski definition) is 1. The minimum atomic E-state index is -0.350. The van der Waals surface area contributed by atoms with Gasteiger partial charge < -0.3 is 4.74 Å². The van der Waals surface area contributed by atoms with Gasteiger partial charge in [0.05, 0.1) is 6.21 Å². The van der Waals surface area contributed by atoms with Crippen molar-refractivity contribution in [1.82, 2.24) is 14.9 Å². The molecular formula is C18H16N4O2S. The lowest BCUT2D eigenvalue weighted by atomic mass is 10.2. The number of aryl methyl sites for hydroxylation is 1. The fourth-order valence-electron chi connectivity index (χ4n) is 2.13. The molecule has 0 unspecified atom stereocenters. The van der Waals surface area contributed by atoms with Gasteiger partial charge in [0.2, 0.25) is 4.77 Å². The summed E-state index contributed by atoms with van der Waals surface area (Å²) in [5, 5.41) is 10.5. The van der Waals surface area contributed by atoms with Crippen LogP contribution in [0.25, 0.3) is 0 Å². The molecule has 0 fully saturated rings. The highest BCUT2D eigenvalue weighted by atomic mass is 32.1. The summed E-state index contributed by atoms with van der Waals surface area (Å²) in [6.07, 6.45) is 1.56. The SMILES string of the molecule is Cc1n[nH]c(=S)n(/N=C\c2cccc(OCc3ccccc3)c2)c1=O. The molecule has 0 saturated heterocycles. The predicted octanol–water partition coefficient (Wildman–Crippen LogP) is 3.07. The molecule has 6 nitrogen and oxygen atoms in total. The molecule has 0 bridgehead atoms. The van der Waals surface area contributed by atoms with Crippen molar-refractivity contribution in [3.8, 4) is 5.75 Å². The summed E-state index contributed by atoms with van der Waals surface area (Å²) in [6.45, 7) is 2.08. The highest BCUT2D eigenvalue weighted by Crippen LogP contribution is 2.14. The number of nitrogens with one attached hydrogen (secondary N) is 1. The normalized spacial score (nSPS) is 10.9. The van der Waals surface area contributed by atoms with Gasteiger partial charge in [-0.15, -0.1) is 0 Å². The number of ether oxygens (including phenoxy) is 1. The maximum absolute atomic E-state index is 12.0. The zero-order valence-corrected chi connectivity index (χ0v) is 14.4. The highest BCUT2D eigenvalue weighted by molar-refractivity contribution is 7.71. The van der Waals surface area contributed by atoms with Gasteiger partial charge in [0.25, 0.3) is 5.56 Å². The van der Waals surface area contributed by atoms with Gasteiger partial charge in [-0.1, -0.05) is 42.5 Å². The Kier molecular flexibility index (Phi) is 5.15. The first-order valence-electron chi connectivity index (χ1n) is 7.63. The lowest BCUT2D eigenvalue weighted by molar-refractivity contribution is 0.306. The van der Waals surface area contributed by atoms with E-state index in [2.05, 4.69) is 15.3 Å². The van der Waals surface area contributed by atoms with Gasteiger partial charge in [-0.3, -0.25) is 9.89 Å². The predicted molar refractivity (Wildman–Crippen MR) is 98.6 cm³/mol. The number of H-pyrrole nitrogens is 1. The molecule has 1 N–H and O–H groups in total. The molecule has 0 aliphatic heterocycles. The van der Waals surface area contributed by atoms with Crippen molar-refractivity contribution in [3.63, 3.8) is 0 Å². The summed E-state index contributed by atoms with van der Waals surface area (Å²) in [6, 6.07) is 17.4. The molecule has 2 aromatic carbocycles. The molecule has 126 valence electrons. The van der Waals surface area contributed by atoms with Crippen molar-refractivity contribution < 1.29 is 4.74 Å². The summed E-state index contributed by atoms with van der Waals surface area (Å²) >= 11 is 5.04. The zero-order valence-electron chi connectivity index (χ0n) is 13.5. The third kappa shape index (κ3) is 4.27. The average Bonchev–Trinajstić information content (AvgIpc) is 2.64. The van der Waals surface area contributed by atoms with E-state index < -0.39 is 0 Å². The first kappa shape index (κ1) is 16.8. The highest BCUT2D eigenvalue weighted by Gasteiger charge is 2.01. The van der Waals surface area contributed by atoms with Crippen LogP contribution in [0.1, 0.15) is 16.8 Å².